The van der Waals surface area contributed by atoms with Crippen molar-refractivity contribution in [1.82, 2.24) is 0 Å². The number of aliphatic hydroxyl groups excluding tert-OH is 1. The van der Waals surface area contributed by atoms with Crippen LogP contribution in [0.1, 0.15) is 343 Å². The molecule has 516 valence electrons. The summed E-state index contributed by atoms with van der Waals surface area (Å²) in [5, 5.41) is 10.6. The van der Waals surface area contributed by atoms with Gasteiger partial charge in [-0.05, 0) is 37.5 Å². The second-order valence-electron chi connectivity index (χ2n) is 25.3. The summed E-state index contributed by atoms with van der Waals surface area (Å²) < 4.78 is 68.2. The Morgan fingerprint density at radius 3 is 0.874 bits per heavy atom. The summed E-state index contributed by atoms with van der Waals surface area (Å²) in [6, 6.07) is 0. The SMILES string of the molecule is CCCCCCCCCCCCCCCC(=O)OC[C@H](COP(=O)(O)OC[C@@H](O)COP(=O)(O)OC[C@@H](COC(=O)CCCCCCCCC(C)CC)OC(=O)CCCCCCCCCCC(C)C)OC(=O)CCCCCCCCCCCCCCC. The largest absolute Gasteiger partial charge is 0.472 e. The number of carbonyl (C=O) groups excluding carboxylic acids is 4. The molecule has 17 nitrogen and oxygen atoms in total. The van der Waals surface area contributed by atoms with Crippen molar-refractivity contribution in [2.45, 2.75) is 362 Å². The van der Waals surface area contributed by atoms with E-state index in [2.05, 4.69) is 41.5 Å². The summed E-state index contributed by atoms with van der Waals surface area (Å²) >= 11 is 0. The second-order valence-corrected chi connectivity index (χ2v) is 28.2. The molecule has 6 atom stereocenters. The van der Waals surface area contributed by atoms with E-state index >= 15 is 0 Å². The van der Waals surface area contributed by atoms with Crippen molar-refractivity contribution < 1.29 is 80.2 Å². The van der Waals surface area contributed by atoms with E-state index in [-0.39, 0.29) is 25.7 Å². The van der Waals surface area contributed by atoms with Crippen LogP contribution in [0.15, 0.2) is 0 Å². The minimum Gasteiger partial charge on any atom is -0.462 e. The maximum Gasteiger partial charge on any atom is 0.472 e. The molecule has 0 saturated heterocycles. The van der Waals surface area contributed by atoms with Crippen LogP contribution in [0.4, 0.5) is 0 Å². The molecule has 0 aliphatic heterocycles. The predicted molar refractivity (Wildman–Crippen MR) is 349 cm³/mol. The van der Waals surface area contributed by atoms with Crippen LogP contribution < -0.4 is 0 Å². The second kappa shape index (κ2) is 60.3. The molecule has 0 aliphatic carbocycles. The highest BCUT2D eigenvalue weighted by Gasteiger charge is 2.30. The fourth-order valence-electron chi connectivity index (χ4n) is 10.2. The van der Waals surface area contributed by atoms with E-state index in [0.717, 1.165) is 108 Å². The molecule has 0 heterocycles. The molecule has 3 unspecified atom stereocenters. The van der Waals surface area contributed by atoms with Crippen molar-refractivity contribution in [3.8, 4) is 0 Å². The van der Waals surface area contributed by atoms with Crippen molar-refractivity contribution in [3.05, 3.63) is 0 Å². The highest BCUT2D eigenvalue weighted by atomic mass is 31.2. The summed E-state index contributed by atoms with van der Waals surface area (Å²) in [5.41, 5.74) is 0. The molecular formula is C68H132O17P2. The average Bonchev–Trinajstić information content (AvgIpc) is 3.57. The Kier molecular flexibility index (Phi) is 59.0. The van der Waals surface area contributed by atoms with Crippen molar-refractivity contribution in [1.29, 1.82) is 0 Å². The Balaban J connectivity index is 5.25. The van der Waals surface area contributed by atoms with Gasteiger partial charge in [0, 0.05) is 25.7 Å². The summed E-state index contributed by atoms with van der Waals surface area (Å²) in [5.74, 6) is -0.679. The quantitative estimate of drug-likeness (QED) is 0.0222. The Morgan fingerprint density at radius 1 is 0.333 bits per heavy atom. The molecule has 0 aromatic rings. The first-order chi connectivity index (χ1) is 41.9. The van der Waals surface area contributed by atoms with Gasteiger partial charge in [0.2, 0.25) is 0 Å². The third kappa shape index (κ3) is 61.3. The zero-order chi connectivity index (χ0) is 64.3. The van der Waals surface area contributed by atoms with Gasteiger partial charge >= 0.3 is 39.5 Å². The normalized spacial score (nSPS) is 14.5. The van der Waals surface area contributed by atoms with E-state index in [1.54, 1.807) is 0 Å². The van der Waals surface area contributed by atoms with Crippen LogP contribution >= 0.6 is 15.6 Å². The monoisotopic (exact) mass is 1280 g/mol. The molecule has 0 aliphatic rings. The minimum atomic E-state index is -4.95. The van der Waals surface area contributed by atoms with Crippen molar-refractivity contribution >= 4 is 39.5 Å². The zero-order valence-electron chi connectivity index (χ0n) is 56.3. The van der Waals surface area contributed by atoms with Gasteiger partial charge in [0.1, 0.15) is 19.3 Å². The van der Waals surface area contributed by atoms with E-state index < -0.39 is 97.5 Å². The van der Waals surface area contributed by atoms with Gasteiger partial charge in [-0.25, -0.2) is 9.13 Å². The molecule has 0 saturated carbocycles. The fraction of sp³-hybridized carbons (Fsp3) is 0.941. The lowest BCUT2D eigenvalue weighted by Gasteiger charge is -2.21. The van der Waals surface area contributed by atoms with E-state index in [0.29, 0.717) is 25.7 Å². The molecule has 0 spiro atoms. The van der Waals surface area contributed by atoms with Gasteiger partial charge in [0.15, 0.2) is 12.2 Å². The Morgan fingerprint density at radius 2 is 0.586 bits per heavy atom. The lowest BCUT2D eigenvalue weighted by molar-refractivity contribution is -0.161. The van der Waals surface area contributed by atoms with Crippen LogP contribution in [0.25, 0.3) is 0 Å². The number of aliphatic hydroxyl groups is 1. The van der Waals surface area contributed by atoms with Crippen LogP contribution in [0.2, 0.25) is 0 Å². The van der Waals surface area contributed by atoms with Gasteiger partial charge in [0.05, 0.1) is 26.4 Å². The molecule has 3 N–H and O–H groups in total. The number of phosphoric acid groups is 2. The first-order valence-corrected chi connectivity index (χ1v) is 38.5. The maximum absolute atomic E-state index is 13.0. The Labute approximate surface area is 530 Å². The number of ether oxygens (including phenoxy) is 4. The fourth-order valence-corrected chi connectivity index (χ4v) is 11.8. The molecule has 0 fully saturated rings. The van der Waals surface area contributed by atoms with Gasteiger partial charge < -0.3 is 33.8 Å². The van der Waals surface area contributed by atoms with Gasteiger partial charge in [0.25, 0.3) is 0 Å². The lowest BCUT2D eigenvalue weighted by atomic mass is 10.00. The molecule has 0 bridgehead atoms. The Hall–Kier alpha value is -1.94. The van der Waals surface area contributed by atoms with Crippen molar-refractivity contribution in [3.63, 3.8) is 0 Å². The van der Waals surface area contributed by atoms with Crippen LogP contribution in [-0.2, 0) is 65.4 Å². The number of unbranched alkanes of at least 4 members (excludes halogenated alkanes) is 36. The molecule has 0 rings (SSSR count). The van der Waals surface area contributed by atoms with E-state index in [1.165, 1.54) is 154 Å². The number of rotatable bonds is 67. The number of carbonyl (C=O) groups is 4. The van der Waals surface area contributed by atoms with Crippen LogP contribution in [0.5, 0.6) is 0 Å². The topological polar surface area (TPSA) is 237 Å². The first-order valence-electron chi connectivity index (χ1n) is 35.5. The number of esters is 4. The average molecular weight is 1280 g/mol. The van der Waals surface area contributed by atoms with Crippen LogP contribution in [0, 0.1) is 11.8 Å². The van der Waals surface area contributed by atoms with E-state index in [9.17, 15) is 43.2 Å². The van der Waals surface area contributed by atoms with Crippen molar-refractivity contribution in [2.24, 2.45) is 11.8 Å². The summed E-state index contributed by atoms with van der Waals surface area (Å²) in [4.78, 5) is 72.4. The number of hydrogen-bond acceptors (Lipinski definition) is 15. The zero-order valence-corrected chi connectivity index (χ0v) is 58.1. The molecule has 87 heavy (non-hydrogen) atoms. The van der Waals surface area contributed by atoms with E-state index in [1.807, 2.05) is 0 Å². The molecule has 19 heteroatoms. The summed E-state index contributed by atoms with van der Waals surface area (Å²) in [6.45, 7) is 9.45. The molecule has 0 amide bonds. The summed E-state index contributed by atoms with van der Waals surface area (Å²) in [6.07, 6.45) is 44.4. The van der Waals surface area contributed by atoms with Crippen molar-refractivity contribution in [2.75, 3.05) is 39.6 Å². The molecule has 0 radical (unpaired) electrons. The highest BCUT2D eigenvalue weighted by molar-refractivity contribution is 7.47. The predicted octanol–water partition coefficient (Wildman–Crippen LogP) is 19.2. The van der Waals surface area contributed by atoms with Gasteiger partial charge in [-0.2, -0.15) is 0 Å². The third-order valence-corrected chi connectivity index (χ3v) is 18.0. The molecule has 0 aromatic carbocycles. The lowest BCUT2D eigenvalue weighted by Crippen LogP contribution is -2.30. The number of hydrogen-bond donors (Lipinski definition) is 3. The van der Waals surface area contributed by atoms with Gasteiger partial charge in [-0.3, -0.25) is 37.3 Å². The summed E-state index contributed by atoms with van der Waals surface area (Å²) in [7, 11) is -9.90. The molecular weight excluding hydrogens is 1150 g/mol. The maximum atomic E-state index is 13.0. The first kappa shape index (κ1) is 85.1. The third-order valence-electron chi connectivity index (χ3n) is 16.1. The minimum absolute atomic E-state index is 0.104. The van der Waals surface area contributed by atoms with Crippen LogP contribution in [-0.4, -0.2) is 96.7 Å². The smallest absolute Gasteiger partial charge is 0.462 e. The molecule has 0 aromatic heterocycles. The van der Waals surface area contributed by atoms with Crippen LogP contribution in [0.3, 0.4) is 0 Å². The van der Waals surface area contributed by atoms with E-state index in [4.69, 9.17) is 37.0 Å². The van der Waals surface area contributed by atoms with Gasteiger partial charge in [-0.15, -0.1) is 0 Å². The Bertz CT molecular complexity index is 1700. The number of phosphoric ester groups is 2. The standard InChI is InChI=1S/C68H132O17P2/c1-7-10-12-14-16-18-20-22-24-26-31-38-44-50-65(70)78-56-63(84-67(72)52-46-40-32-27-25-23-21-19-17-15-13-11-8-2)58-82-86(74,75)80-54-62(69)55-81-87(76,77)83-59-64(57-79-66(71)51-45-39-35-34-37-43-49-61(6)9-3)85-68(73)53-47-41-33-29-28-30-36-42-48-60(4)5/h60-64,69H,7-59H2,1-6H3,(H,74,75)(H,76,77)/t61?,62-,63-,64-/m1/s1. The van der Waals surface area contributed by atoms with Gasteiger partial charge in [-0.1, -0.05) is 292 Å². The highest BCUT2D eigenvalue weighted by Crippen LogP contribution is 2.45.